The van der Waals surface area contributed by atoms with Crippen molar-refractivity contribution >= 4 is 28.9 Å². The number of thioether (sulfide) groups is 1. The van der Waals surface area contributed by atoms with E-state index in [0.29, 0.717) is 5.02 Å². The molecule has 6 heteroatoms. The fourth-order valence-corrected chi connectivity index (χ4v) is 2.54. The van der Waals surface area contributed by atoms with E-state index in [4.69, 9.17) is 16.3 Å². The van der Waals surface area contributed by atoms with Crippen molar-refractivity contribution in [2.24, 2.45) is 0 Å². The molecular formula is C14H12ClN3OS. The lowest BCUT2D eigenvalue weighted by molar-refractivity contribution is 0.416. The Bertz CT molecular complexity index is 772. The fraction of sp³-hybridized carbons (Fsp3) is 0.143. The minimum absolute atomic E-state index is 0.644. The molecule has 4 nitrogen and oxygen atoms in total. The van der Waals surface area contributed by atoms with Crippen LogP contribution in [0.4, 0.5) is 0 Å². The van der Waals surface area contributed by atoms with Gasteiger partial charge in [0.1, 0.15) is 5.75 Å². The van der Waals surface area contributed by atoms with Gasteiger partial charge in [-0.2, -0.15) is 0 Å². The molecule has 1 aromatic carbocycles. The molecule has 0 amide bonds. The summed E-state index contributed by atoms with van der Waals surface area (Å²) in [6.45, 7) is 0. The van der Waals surface area contributed by atoms with Gasteiger partial charge in [0.2, 0.25) is 5.16 Å². The first-order valence-electron chi connectivity index (χ1n) is 5.95. The predicted octanol–water partition coefficient (Wildman–Crippen LogP) is 3.78. The molecule has 0 spiro atoms. The van der Waals surface area contributed by atoms with E-state index in [0.717, 1.165) is 27.7 Å². The second kappa shape index (κ2) is 5.34. The van der Waals surface area contributed by atoms with Crippen LogP contribution < -0.4 is 4.74 Å². The van der Waals surface area contributed by atoms with Crippen molar-refractivity contribution in [1.29, 1.82) is 0 Å². The molecule has 20 heavy (non-hydrogen) atoms. The molecule has 0 radical (unpaired) electrons. The maximum atomic E-state index is 6.01. The summed E-state index contributed by atoms with van der Waals surface area (Å²) in [5.74, 6) is 0.724. The molecule has 3 rings (SSSR count). The average Bonchev–Trinajstić information content (AvgIpc) is 2.89. The highest BCUT2D eigenvalue weighted by Gasteiger charge is 2.12. The van der Waals surface area contributed by atoms with E-state index in [1.54, 1.807) is 13.2 Å². The van der Waals surface area contributed by atoms with Gasteiger partial charge in [-0.25, -0.2) is 9.50 Å². The zero-order valence-corrected chi connectivity index (χ0v) is 12.6. The summed E-state index contributed by atoms with van der Waals surface area (Å²) in [6.07, 6.45) is 3.76. The van der Waals surface area contributed by atoms with E-state index in [1.807, 2.05) is 41.2 Å². The Morgan fingerprint density at radius 1 is 1.25 bits per heavy atom. The van der Waals surface area contributed by atoms with Gasteiger partial charge in [-0.1, -0.05) is 23.4 Å². The largest absolute Gasteiger partial charge is 0.496 e. The number of hydrogen-bond acceptors (Lipinski definition) is 4. The van der Waals surface area contributed by atoms with Crippen LogP contribution in [-0.4, -0.2) is 28.0 Å². The van der Waals surface area contributed by atoms with Gasteiger partial charge in [0.15, 0.2) is 0 Å². The molecule has 0 unspecified atom stereocenters. The Morgan fingerprint density at radius 3 is 2.85 bits per heavy atom. The Morgan fingerprint density at radius 2 is 2.10 bits per heavy atom. The topological polar surface area (TPSA) is 39.4 Å². The van der Waals surface area contributed by atoms with Crippen LogP contribution in [0.3, 0.4) is 0 Å². The molecule has 3 aromatic rings. The summed E-state index contributed by atoms with van der Waals surface area (Å²) in [4.78, 5) is 4.27. The molecule has 0 saturated heterocycles. The number of fused-ring (bicyclic) bond motifs is 1. The number of benzene rings is 1. The first-order chi connectivity index (χ1) is 9.72. The lowest BCUT2D eigenvalue weighted by atomic mass is 10.1. The molecule has 0 aliphatic heterocycles. The van der Waals surface area contributed by atoms with Gasteiger partial charge in [0.25, 0.3) is 0 Å². The smallest absolute Gasteiger partial charge is 0.207 e. The van der Waals surface area contributed by atoms with Crippen molar-refractivity contribution in [3.8, 4) is 17.0 Å². The Labute approximate surface area is 125 Å². The van der Waals surface area contributed by atoms with Gasteiger partial charge in [-0.15, -0.1) is 5.10 Å². The van der Waals surface area contributed by atoms with Gasteiger partial charge in [-0.3, -0.25) is 0 Å². The van der Waals surface area contributed by atoms with Crippen LogP contribution in [0.15, 0.2) is 41.7 Å². The van der Waals surface area contributed by atoms with Crippen molar-refractivity contribution in [2.75, 3.05) is 13.4 Å². The number of ether oxygens (including phenoxy) is 1. The minimum Gasteiger partial charge on any atom is -0.496 e. The van der Waals surface area contributed by atoms with Crippen LogP contribution in [-0.2, 0) is 0 Å². The van der Waals surface area contributed by atoms with Crippen molar-refractivity contribution in [3.05, 3.63) is 41.6 Å². The van der Waals surface area contributed by atoms with E-state index in [9.17, 15) is 0 Å². The van der Waals surface area contributed by atoms with Gasteiger partial charge < -0.3 is 4.74 Å². The lowest BCUT2D eigenvalue weighted by Gasteiger charge is -2.09. The molecule has 0 N–H and O–H groups in total. The molecule has 2 aromatic heterocycles. The van der Waals surface area contributed by atoms with E-state index in [2.05, 4.69) is 10.1 Å². The van der Waals surface area contributed by atoms with Gasteiger partial charge in [-0.05, 0) is 36.6 Å². The monoisotopic (exact) mass is 305 g/mol. The molecule has 0 fully saturated rings. The first kappa shape index (κ1) is 13.3. The summed E-state index contributed by atoms with van der Waals surface area (Å²) in [6, 6.07) is 9.56. The second-order valence-electron chi connectivity index (χ2n) is 4.14. The number of nitrogens with zero attached hydrogens (tertiary/aromatic N) is 3. The first-order valence-corrected chi connectivity index (χ1v) is 7.56. The third kappa shape index (κ3) is 2.23. The zero-order valence-electron chi connectivity index (χ0n) is 11.0. The summed E-state index contributed by atoms with van der Waals surface area (Å²) in [5, 5.41) is 5.88. The van der Waals surface area contributed by atoms with Crippen LogP contribution in [0.1, 0.15) is 0 Å². The third-order valence-corrected chi connectivity index (χ3v) is 3.79. The lowest BCUT2D eigenvalue weighted by Crippen LogP contribution is -1.98. The van der Waals surface area contributed by atoms with Crippen LogP contribution in [0, 0.1) is 0 Å². The number of methoxy groups -OCH3 is 1. The molecule has 0 bridgehead atoms. The van der Waals surface area contributed by atoms with Crippen LogP contribution >= 0.6 is 23.4 Å². The van der Waals surface area contributed by atoms with E-state index < -0.39 is 0 Å². The number of aromatic nitrogens is 3. The second-order valence-corrected chi connectivity index (χ2v) is 5.35. The zero-order chi connectivity index (χ0) is 14.1. The van der Waals surface area contributed by atoms with Crippen molar-refractivity contribution in [2.45, 2.75) is 5.16 Å². The Kier molecular flexibility index (Phi) is 3.54. The number of rotatable bonds is 3. The van der Waals surface area contributed by atoms with Gasteiger partial charge in [0, 0.05) is 10.6 Å². The van der Waals surface area contributed by atoms with Gasteiger partial charge >= 0.3 is 0 Å². The summed E-state index contributed by atoms with van der Waals surface area (Å²) < 4.78 is 7.27. The highest BCUT2D eigenvalue weighted by atomic mass is 35.5. The minimum atomic E-state index is 0.644. The quantitative estimate of drug-likeness (QED) is 0.690. The van der Waals surface area contributed by atoms with E-state index in [1.165, 1.54) is 11.8 Å². The van der Waals surface area contributed by atoms with Crippen LogP contribution in [0.2, 0.25) is 5.02 Å². The maximum Gasteiger partial charge on any atom is 0.207 e. The molecule has 0 saturated carbocycles. The Hall–Kier alpha value is -1.72. The molecule has 0 aliphatic rings. The van der Waals surface area contributed by atoms with Crippen LogP contribution in [0.25, 0.3) is 16.8 Å². The summed E-state index contributed by atoms with van der Waals surface area (Å²) >= 11 is 7.52. The predicted molar refractivity (Wildman–Crippen MR) is 81.8 cm³/mol. The normalized spacial score (nSPS) is 10.9. The highest BCUT2D eigenvalue weighted by Crippen LogP contribution is 2.33. The van der Waals surface area contributed by atoms with Crippen molar-refractivity contribution < 1.29 is 4.74 Å². The van der Waals surface area contributed by atoms with Gasteiger partial charge in [0.05, 0.1) is 24.5 Å². The van der Waals surface area contributed by atoms with Crippen LogP contribution in [0.5, 0.6) is 5.75 Å². The maximum absolute atomic E-state index is 6.01. The molecule has 0 atom stereocenters. The molecule has 2 heterocycles. The number of halogens is 1. The fourth-order valence-electron chi connectivity index (χ4n) is 2.06. The van der Waals surface area contributed by atoms with E-state index in [-0.39, 0.29) is 0 Å². The molecule has 102 valence electrons. The average molecular weight is 306 g/mol. The van der Waals surface area contributed by atoms with E-state index >= 15 is 0 Å². The SMILES string of the molecule is COc1cc(Cl)ccc1-c1ccc2cnc(SC)nn12. The summed E-state index contributed by atoms with van der Waals surface area (Å²) in [5.41, 5.74) is 2.84. The van der Waals surface area contributed by atoms with Crippen molar-refractivity contribution in [1.82, 2.24) is 14.6 Å². The molecule has 0 aliphatic carbocycles. The third-order valence-electron chi connectivity index (χ3n) is 3.00. The van der Waals surface area contributed by atoms with Crippen molar-refractivity contribution in [3.63, 3.8) is 0 Å². The standard InChI is InChI=1S/C14H12ClN3OS/c1-19-13-7-9(15)3-5-11(13)12-6-4-10-8-16-14(20-2)17-18(10)12/h3-8H,1-2H3. The Balaban J connectivity index is 2.24. The summed E-state index contributed by atoms with van der Waals surface area (Å²) in [7, 11) is 1.63. The highest BCUT2D eigenvalue weighted by molar-refractivity contribution is 7.98. The number of hydrogen-bond donors (Lipinski definition) is 0. The molecular weight excluding hydrogens is 294 g/mol.